The first kappa shape index (κ1) is 12.5. The van der Waals surface area contributed by atoms with Crippen LogP contribution in [0.5, 0.6) is 0 Å². The molecular weight excluding hydrogens is 254 g/mol. The van der Waals surface area contributed by atoms with Crippen molar-refractivity contribution in [3.63, 3.8) is 0 Å². The highest BCUT2D eigenvalue weighted by molar-refractivity contribution is 6.04. The Labute approximate surface area is 114 Å². The summed E-state index contributed by atoms with van der Waals surface area (Å²) >= 11 is 0. The van der Waals surface area contributed by atoms with Crippen molar-refractivity contribution in [1.29, 1.82) is 0 Å². The summed E-state index contributed by atoms with van der Waals surface area (Å²) in [6.45, 7) is 1.65. The Bertz CT molecular complexity index is 939. The monoisotopic (exact) mass is 267 g/mol. The van der Waals surface area contributed by atoms with Gasteiger partial charge in [-0.3, -0.25) is 9.89 Å². The van der Waals surface area contributed by atoms with Crippen LogP contribution in [0.2, 0.25) is 0 Å². The molecule has 3 rings (SSSR count). The van der Waals surface area contributed by atoms with Crippen LogP contribution in [0.25, 0.3) is 21.8 Å². The molecule has 0 aliphatic rings. The van der Waals surface area contributed by atoms with Gasteiger partial charge in [0.1, 0.15) is 12.1 Å². The molecule has 2 aromatic heterocycles. The van der Waals surface area contributed by atoms with Crippen LogP contribution in [0.15, 0.2) is 23.0 Å². The lowest BCUT2D eigenvalue weighted by atomic mass is 10.1. The minimum atomic E-state index is -0.178. The molecular formula is C15H13N3O2. The SMILES string of the molecule is Cc1[nH]nc2c1c(=O)n(C)c1ccc(C#CCO)cc21. The van der Waals surface area contributed by atoms with E-state index >= 15 is 0 Å². The van der Waals surface area contributed by atoms with Crippen LogP contribution >= 0.6 is 0 Å². The van der Waals surface area contributed by atoms with Gasteiger partial charge in [-0.2, -0.15) is 5.10 Å². The summed E-state index contributed by atoms with van der Waals surface area (Å²) in [7, 11) is 1.75. The number of aromatic nitrogens is 3. The number of H-pyrrole nitrogens is 1. The molecule has 20 heavy (non-hydrogen) atoms. The summed E-state index contributed by atoms with van der Waals surface area (Å²) in [5, 5.41) is 17.3. The molecule has 2 heterocycles. The molecule has 3 aromatic rings. The lowest BCUT2D eigenvalue weighted by Gasteiger charge is -2.06. The van der Waals surface area contributed by atoms with E-state index in [1.807, 2.05) is 25.1 Å². The summed E-state index contributed by atoms with van der Waals surface area (Å²) in [5.74, 6) is 5.48. The number of fused-ring (bicyclic) bond motifs is 3. The number of aliphatic hydroxyl groups is 1. The standard InChI is InChI=1S/C15H13N3O2/c1-9-13-14(17-16-9)11-8-10(4-3-7-19)5-6-12(11)18(2)15(13)20/h5-6,8,19H,7H2,1-2H3,(H,16,17). The molecule has 0 saturated heterocycles. The predicted octanol–water partition coefficient (Wildman–Crippen LogP) is 1.07. The second kappa shape index (κ2) is 4.51. The third-order valence-electron chi connectivity index (χ3n) is 3.39. The molecule has 1 aromatic carbocycles. The molecule has 100 valence electrons. The van der Waals surface area contributed by atoms with Crippen LogP contribution in [0, 0.1) is 18.8 Å². The Kier molecular flexibility index (Phi) is 2.81. The van der Waals surface area contributed by atoms with Gasteiger partial charge in [-0.15, -0.1) is 0 Å². The molecule has 5 heteroatoms. The van der Waals surface area contributed by atoms with Gasteiger partial charge in [0.2, 0.25) is 0 Å². The van der Waals surface area contributed by atoms with Crippen molar-refractivity contribution in [1.82, 2.24) is 14.8 Å². The van der Waals surface area contributed by atoms with Gasteiger partial charge in [0, 0.05) is 23.7 Å². The number of benzene rings is 1. The van der Waals surface area contributed by atoms with Crippen LogP contribution in [0.4, 0.5) is 0 Å². The average Bonchev–Trinajstić information content (AvgIpc) is 2.84. The van der Waals surface area contributed by atoms with Crippen molar-refractivity contribution < 1.29 is 5.11 Å². The van der Waals surface area contributed by atoms with E-state index in [4.69, 9.17) is 5.11 Å². The summed E-state index contributed by atoms with van der Waals surface area (Å²) in [6, 6.07) is 5.57. The molecule has 0 saturated carbocycles. The predicted molar refractivity (Wildman–Crippen MR) is 77.5 cm³/mol. The van der Waals surface area contributed by atoms with Crippen molar-refractivity contribution in [3.05, 3.63) is 39.8 Å². The van der Waals surface area contributed by atoms with E-state index in [2.05, 4.69) is 22.0 Å². The molecule has 0 unspecified atom stereocenters. The number of rotatable bonds is 0. The van der Waals surface area contributed by atoms with Crippen molar-refractivity contribution in [2.24, 2.45) is 7.05 Å². The Morgan fingerprint density at radius 1 is 1.45 bits per heavy atom. The van der Waals surface area contributed by atoms with Gasteiger partial charge in [-0.25, -0.2) is 0 Å². The number of pyridine rings is 1. The molecule has 5 nitrogen and oxygen atoms in total. The van der Waals surface area contributed by atoms with Gasteiger partial charge < -0.3 is 9.67 Å². The van der Waals surface area contributed by atoms with Crippen LogP contribution in [0.1, 0.15) is 11.3 Å². The van der Waals surface area contributed by atoms with Crippen molar-refractivity contribution >= 4 is 21.8 Å². The van der Waals surface area contributed by atoms with E-state index in [1.54, 1.807) is 11.6 Å². The minimum absolute atomic E-state index is 0.0621. The maximum Gasteiger partial charge on any atom is 0.262 e. The highest BCUT2D eigenvalue weighted by Crippen LogP contribution is 2.23. The van der Waals surface area contributed by atoms with Crippen molar-refractivity contribution in [3.8, 4) is 11.8 Å². The molecule has 0 spiro atoms. The molecule has 0 amide bonds. The van der Waals surface area contributed by atoms with Gasteiger partial charge in [-0.1, -0.05) is 11.8 Å². The quantitative estimate of drug-likeness (QED) is 0.598. The summed E-state index contributed by atoms with van der Waals surface area (Å²) in [5.41, 5.74) is 2.95. The number of aryl methyl sites for hydroxylation is 2. The average molecular weight is 267 g/mol. The Morgan fingerprint density at radius 2 is 2.25 bits per heavy atom. The van der Waals surface area contributed by atoms with E-state index in [9.17, 15) is 4.79 Å². The molecule has 0 aliphatic carbocycles. The normalized spacial score (nSPS) is 10.8. The van der Waals surface area contributed by atoms with E-state index in [-0.39, 0.29) is 12.2 Å². The minimum Gasteiger partial charge on any atom is -0.384 e. The maximum atomic E-state index is 12.3. The largest absolute Gasteiger partial charge is 0.384 e. The van der Waals surface area contributed by atoms with E-state index in [0.29, 0.717) is 10.9 Å². The zero-order valence-electron chi connectivity index (χ0n) is 11.2. The highest BCUT2D eigenvalue weighted by atomic mass is 16.2. The number of hydrogen-bond donors (Lipinski definition) is 2. The molecule has 0 aliphatic heterocycles. The van der Waals surface area contributed by atoms with Gasteiger partial charge in [0.25, 0.3) is 5.56 Å². The first-order valence-electron chi connectivity index (χ1n) is 6.20. The number of aliphatic hydroxyl groups excluding tert-OH is 1. The third-order valence-corrected chi connectivity index (χ3v) is 3.39. The topological polar surface area (TPSA) is 70.9 Å². The number of nitrogens with one attached hydrogen (secondary N) is 1. The Balaban J connectivity index is 2.48. The van der Waals surface area contributed by atoms with Crippen LogP contribution in [-0.4, -0.2) is 26.5 Å². The smallest absolute Gasteiger partial charge is 0.262 e. The Hall–Kier alpha value is -2.58. The maximum absolute atomic E-state index is 12.3. The first-order valence-corrected chi connectivity index (χ1v) is 6.20. The number of nitrogens with zero attached hydrogens (tertiary/aromatic N) is 2. The molecule has 0 atom stereocenters. The molecule has 2 N–H and O–H groups in total. The highest BCUT2D eigenvalue weighted by Gasteiger charge is 2.13. The van der Waals surface area contributed by atoms with E-state index < -0.39 is 0 Å². The Morgan fingerprint density at radius 3 is 3.00 bits per heavy atom. The fraction of sp³-hybridized carbons (Fsp3) is 0.200. The lowest BCUT2D eigenvalue weighted by molar-refractivity contribution is 0.350. The summed E-state index contributed by atoms with van der Waals surface area (Å²) in [6.07, 6.45) is 0. The van der Waals surface area contributed by atoms with Gasteiger partial charge in [0.05, 0.1) is 10.9 Å². The third kappa shape index (κ3) is 1.70. The van der Waals surface area contributed by atoms with Crippen LogP contribution < -0.4 is 5.56 Å². The molecule has 0 fully saturated rings. The van der Waals surface area contributed by atoms with E-state index in [0.717, 1.165) is 22.2 Å². The van der Waals surface area contributed by atoms with Crippen molar-refractivity contribution in [2.45, 2.75) is 6.92 Å². The van der Waals surface area contributed by atoms with Crippen LogP contribution in [0.3, 0.4) is 0 Å². The number of hydrogen-bond acceptors (Lipinski definition) is 3. The second-order valence-electron chi connectivity index (χ2n) is 4.63. The van der Waals surface area contributed by atoms with Gasteiger partial charge >= 0.3 is 0 Å². The number of aromatic amines is 1. The molecule has 0 bridgehead atoms. The summed E-state index contributed by atoms with van der Waals surface area (Å²) < 4.78 is 1.61. The van der Waals surface area contributed by atoms with Crippen LogP contribution in [-0.2, 0) is 7.05 Å². The second-order valence-corrected chi connectivity index (χ2v) is 4.63. The fourth-order valence-electron chi connectivity index (χ4n) is 2.40. The lowest BCUT2D eigenvalue weighted by Crippen LogP contribution is -2.17. The molecule has 0 radical (unpaired) electrons. The van der Waals surface area contributed by atoms with Gasteiger partial charge in [-0.05, 0) is 25.1 Å². The zero-order valence-corrected chi connectivity index (χ0v) is 11.2. The summed E-state index contributed by atoms with van der Waals surface area (Å²) in [4.78, 5) is 12.3. The zero-order chi connectivity index (χ0) is 14.3. The van der Waals surface area contributed by atoms with E-state index in [1.165, 1.54) is 0 Å². The van der Waals surface area contributed by atoms with Crippen molar-refractivity contribution in [2.75, 3.05) is 6.61 Å². The fourth-order valence-corrected chi connectivity index (χ4v) is 2.40. The van der Waals surface area contributed by atoms with Gasteiger partial charge in [0.15, 0.2) is 0 Å². The first-order chi connectivity index (χ1) is 9.63.